The van der Waals surface area contributed by atoms with E-state index in [1.54, 1.807) is 0 Å². The molecule has 0 aromatic heterocycles. The Hall–Kier alpha value is -0.570. The number of carbonyl (C=O) groups is 1. The lowest BCUT2D eigenvalue weighted by Gasteiger charge is -2.41. The summed E-state index contributed by atoms with van der Waals surface area (Å²) in [4.78, 5) is 16.3. The van der Waals surface area contributed by atoms with Gasteiger partial charge in [0.25, 0.3) is 0 Å². The number of carbonyl (C=O) groups excluding carboxylic acids is 1. The van der Waals surface area contributed by atoms with Crippen LogP contribution in [0.2, 0.25) is 0 Å². The number of piperazine rings is 1. The molecule has 0 radical (unpaired) electrons. The second-order valence-corrected chi connectivity index (χ2v) is 5.36. The summed E-state index contributed by atoms with van der Waals surface area (Å²) >= 11 is 0. The fourth-order valence-corrected chi connectivity index (χ4v) is 1.87. The second kappa shape index (κ2) is 6.24. The average molecular weight is 228 g/mol. The van der Waals surface area contributed by atoms with Crippen LogP contribution in [0, 0.1) is 5.41 Å². The SMILES string of the molecule is CC.CC1CN(C)CCN1C(=O)C(C)(C)C. The summed E-state index contributed by atoms with van der Waals surface area (Å²) in [7, 11) is 2.11. The molecule has 3 heteroatoms. The van der Waals surface area contributed by atoms with E-state index in [-0.39, 0.29) is 11.3 Å². The normalized spacial score (nSPS) is 22.4. The average Bonchev–Trinajstić information content (AvgIpc) is 2.18. The van der Waals surface area contributed by atoms with Crippen molar-refractivity contribution in [1.29, 1.82) is 0 Å². The van der Waals surface area contributed by atoms with E-state index < -0.39 is 0 Å². The fourth-order valence-electron chi connectivity index (χ4n) is 1.87. The van der Waals surface area contributed by atoms with Crippen molar-refractivity contribution in [2.75, 3.05) is 26.7 Å². The van der Waals surface area contributed by atoms with Gasteiger partial charge in [-0.15, -0.1) is 0 Å². The van der Waals surface area contributed by atoms with E-state index in [2.05, 4.69) is 18.9 Å². The van der Waals surface area contributed by atoms with Gasteiger partial charge < -0.3 is 9.80 Å². The van der Waals surface area contributed by atoms with E-state index in [1.807, 2.05) is 39.5 Å². The van der Waals surface area contributed by atoms with Crippen molar-refractivity contribution in [2.45, 2.75) is 47.6 Å². The Bertz CT molecular complexity index is 220. The quantitative estimate of drug-likeness (QED) is 0.635. The maximum atomic E-state index is 12.0. The van der Waals surface area contributed by atoms with E-state index in [1.165, 1.54) is 0 Å². The largest absolute Gasteiger partial charge is 0.337 e. The minimum Gasteiger partial charge on any atom is -0.337 e. The number of likely N-dealkylation sites (N-methyl/N-ethyl adjacent to an activating group) is 1. The zero-order chi connectivity index (χ0) is 12.9. The molecule has 1 aliphatic rings. The lowest BCUT2D eigenvalue weighted by molar-refractivity contribution is -0.143. The molecule has 96 valence electrons. The molecule has 0 aliphatic carbocycles. The molecule has 0 N–H and O–H groups in total. The summed E-state index contributed by atoms with van der Waals surface area (Å²) in [5.74, 6) is 0.276. The zero-order valence-electron chi connectivity index (χ0n) is 12.0. The summed E-state index contributed by atoms with van der Waals surface area (Å²) in [6.07, 6.45) is 0. The van der Waals surface area contributed by atoms with Gasteiger partial charge in [0.1, 0.15) is 0 Å². The highest BCUT2D eigenvalue weighted by Gasteiger charge is 2.32. The summed E-state index contributed by atoms with van der Waals surface area (Å²) in [5, 5.41) is 0. The molecule has 0 aromatic rings. The lowest BCUT2D eigenvalue weighted by atomic mass is 9.93. The summed E-state index contributed by atoms with van der Waals surface area (Å²) < 4.78 is 0. The molecule has 0 bridgehead atoms. The highest BCUT2D eigenvalue weighted by Crippen LogP contribution is 2.20. The van der Waals surface area contributed by atoms with E-state index in [9.17, 15) is 4.79 Å². The van der Waals surface area contributed by atoms with E-state index in [4.69, 9.17) is 0 Å². The molecular weight excluding hydrogens is 200 g/mol. The molecule has 1 saturated heterocycles. The van der Waals surface area contributed by atoms with Gasteiger partial charge in [-0.1, -0.05) is 34.6 Å². The van der Waals surface area contributed by atoms with Gasteiger partial charge in [-0.2, -0.15) is 0 Å². The predicted molar refractivity (Wildman–Crippen MR) is 69.5 cm³/mol. The van der Waals surface area contributed by atoms with Crippen LogP contribution in [0.25, 0.3) is 0 Å². The number of nitrogens with zero attached hydrogens (tertiary/aromatic N) is 2. The predicted octanol–water partition coefficient (Wildman–Crippen LogP) is 2.22. The monoisotopic (exact) mass is 228 g/mol. The van der Waals surface area contributed by atoms with Crippen LogP contribution in [0.1, 0.15) is 41.5 Å². The fraction of sp³-hybridized carbons (Fsp3) is 0.923. The Labute approximate surface area is 101 Å². The first-order valence-corrected chi connectivity index (χ1v) is 6.32. The van der Waals surface area contributed by atoms with Gasteiger partial charge in [0, 0.05) is 31.1 Å². The zero-order valence-corrected chi connectivity index (χ0v) is 12.0. The molecule has 3 nitrogen and oxygen atoms in total. The van der Waals surface area contributed by atoms with Gasteiger partial charge >= 0.3 is 0 Å². The highest BCUT2D eigenvalue weighted by atomic mass is 16.2. The molecule has 1 fully saturated rings. The Morgan fingerprint density at radius 2 is 1.69 bits per heavy atom. The Morgan fingerprint density at radius 3 is 2.06 bits per heavy atom. The third-order valence-corrected chi connectivity index (χ3v) is 2.73. The van der Waals surface area contributed by atoms with Crippen molar-refractivity contribution >= 4 is 5.91 Å². The van der Waals surface area contributed by atoms with Crippen molar-refractivity contribution < 1.29 is 4.79 Å². The van der Waals surface area contributed by atoms with Gasteiger partial charge in [-0.05, 0) is 14.0 Å². The van der Waals surface area contributed by atoms with Crippen LogP contribution >= 0.6 is 0 Å². The summed E-state index contributed by atoms with van der Waals surface area (Å²) in [6, 6.07) is 0.348. The van der Waals surface area contributed by atoms with E-state index >= 15 is 0 Å². The molecule has 0 spiro atoms. The van der Waals surface area contributed by atoms with Crippen LogP contribution < -0.4 is 0 Å². The van der Waals surface area contributed by atoms with Crippen LogP contribution in [0.5, 0.6) is 0 Å². The highest BCUT2D eigenvalue weighted by molar-refractivity contribution is 5.81. The molecule has 1 unspecified atom stereocenters. The van der Waals surface area contributed by atoms with Gasteiger partial charge in [0.15, 0.2) is 0 Å². The van der Waals surface area contributed by atoms with Crippen LogP contribution in [-0.4, -0.2) is 48.4 Å². The third kappa shape index (κ3) is 4.12. The Morgan fingerprint density at radius 1 is 1.19 bits per heavy atom. The Balaban J connectivity index is 0.00000106. The van der Waals surface area contributed by atoms with Gasteiger partial charge in [0.05, 0.1) is 0 Å². The van der Waals surface area contributed by atoms with Crippen LogP contribution in [-0.2, 0) is 4.79 Å². The van der Waals surface area contributed by atoms with Crippen LogP contribution in [0.3, 0.4) is 0 Å². The topological polar surface area (TPSA) is 23.6 Å². The van der Waals surface area contributed by atoms with Crippen molar-refractivity contribution in [3.8, 4) is 0 Å². The lowest BCUT2D eigenvalue weighted by Crippen LogP contribution is -2.55. The van der Waals surface area contributed by atoms with Crippen molar-refractivity contribution in [1.82, 2.24) is 9.80 Å². The molecule has 0 saturated carbocycles. The molecule has 16 heavy (non-hydrogen) atoms. The molecule has 1 rings (SSSR count). The maximum Gasteiger partial charge on any atom is 0.228 e. The summed E-state index contributed by atoms with van der Waals surface area (Å²) in [6.45, 7) is 14.9. The van der Waals surface area contributed by atoms with Crippen LogP contribution in [0.15, 0.2) is 0 Å². The summed E-state index contributed by atoms with van der Waals surface area (Å²) in [5.41, 5.74) is -0.246. The first kappa shape index (κ1) is 15.4. The second-order valence-electron chi connectivity index (χ2n) is 5.36. The first-order valence-electron chi connectivity index (χ1n) is 6.32. The van der Waals surface area contributed by atoms with Crippen molar-refractivity contribution in [2.24, 2.45) is 5.41 Å². The smallest absolute Gasteiger partial charge is 0.228 e. The van der Waals surface area contributed by atoms with Crippen molar-refractivity contribution in [3.63, 3.8) is 0 Å². The number of amides is 1. The van der Waals surface area contributed by atoms with E-state index in [0.717, 1.165) is 19.6 Å². The Kier molecular flexibility index (Phi) is 6.01. The first-order chi connectivity index (χ1) is 7.32. The van der Waals surface area contributed by atoms with Gasteiger partial charge in [-0.25, -0.2) is 0 Å². The maximum absolute atomic E-state index is 12.0. The molecule has 1 heterocycles. The van der Waals surface area contributed by atoms with Crippen LogP contribution in [0.4, 0.5) is 0 Å². The minimum atomic E-state index is -0.246. The molecule has 1 atom stereocenters. The van der Waals surface area contributed by atoms with Gasteiger partial charge in [-0.3, -0.25) is 4.79 Å². The molecule has 1 aliphatic heterocycles. The number of hydrogen-bond donors (Lipinski definition) is 0. The molecule has 1 amide bonds. The van der Waals surface area contributed by atoms with Gasteiger partial charge in [0.2, 0.25) is 5.91 Å². The molecule has 0 aromatic carbocycles. The minimum absolute atomic E-state index is 0.246. The van der Waals surface area contributed by atoms with Crippen molar-refractivity contribution in [3.05, 3.63) is 0 Å². The standard InChI is InChI=1S/C11H22N2O.C2H6/c1-9-8-12(5)6-7-13(9)10(14)11(2,3)4;1-2/h9H,6-8H2,1-5H3;1-2H3. The number of hydrogen-bond acceptors (Lipinski definition) is 2. The van der Waals surface area contributed by atoms with E-state index in [0.29, 0.717) is 6.04 Å². The molecular formula is C13H28N2O. The third-order valence-electron chi connectivity index (χ3n) is 2.73. The number of rotatable bonds is 0.